The monoisotopic (exact) mass is 259 g/mol. The molecule has 17 heavy (non-hydrogen) atoms. The number of rotatable bonds is 5. The van der Waals surface area contributed by atoms with Gasteiger partial charge in [0.05, 0.1) is 5.92 Å². The molecule has 98 valence electrons. The van der Waals surface area contributed by atoms with Crippen molar-refractivity contribution in [3.05, 3.63) is 0 Å². The van der Waals surface area contributed by atoms with E-state index in [1.807, 2.05) is 6.26 Å². The summed E-state index contributed by atoms with van der Waals surface area (Å²) < 4.78 is 0. The third-order valence-electron chi connectivity index (χ3n) is 3.21. The minimum Gasteiger partial charge on any atom is -0.481 e. The molecular formula is C12H21NO3S. The van der Waals surface area contributed by atoms with E-state index in [-0.39, 0.29) is 11.9 Å². The molecule has 1 aliphatic rings. The van der Waals surface area contributed by atoms with Crippen LogP contribution in [-0.4, -0.2) is 35.0 Å². The number of nitrogens with one attached hydrogen (secondary N) is 1. The maximum absolute atomic E-state index is 11.6. The molecular weight excluding hydrogens is 238 g/mol. The van der Waals surface area contributed by atoms with Gasteiger partial charge in [-0.15, -0.1) is 0 Å². The third kappa shape index (κ3) is 4.98. The van der Waals surface area contributed by atoms with E-state index in [9.17, 15) is 9.59 Å². The van der Waals surface area contributed by atoms with Crippen LogP contribution in [0.2, 0.25) is 0 Å². The lowest BCUT2D eigenvalue weighted by atomic mass is 9.95. The predicted octanol–water partition coefficient (Wildman–Crippen LogP) is 1.89. The van der Waals surface area contributed by atoms with Crippen LogP contribution in [0.5, 0.6) is 0 Å². The fourth-order valence-electron chi connectivity index (χ4n) is 2.25. The van der Waals surface area contributed by atoms with Crippen LogP contribution in [0.4, 0.5) is 0 Å². The number of amides is 1. The molecule has 0 bridgehead atoms. The fourth-order valence-corrected chi connectivity index (χ4v) is 2.64. The van der Waals surface area contributed by atoms with Crippen molar-refractivity contribution in [2.45, 2.75) is 44.6 Å². The summed E-state index contributed by atoms with van der Waals surface area (Å²) in [6.45, 7) is 0. The van der Waals surface area contributed by atoms with Crippen molar-refractivity contribution in [2.75, 3.05) is 12.0 Å². The van der Waals surface area contributed by atoms with Gasteiger partial charge in [0.2, 0.25) is 5.91 Å². The summed E-state index contributed by atoms with van der Waals surface area (Å²) in [6.07, 6.45) is 6.94. The molecule has 1 rings (SSSR count). The van der Waals surface area contributed by atoms with Crippen LogP contribution in [0.3, 0.4) is 0 Å². The van der Waals surface area contributed by atoms with E-state index in [0.717, 1.165) is 31.4 Å². The Kier molecular flexibility index (Phi) is 6.40. The van der Waals surface area contributed by atoms with Gasteiger partial charge in [0.1, 0.15) is 0 Å². The molecule has 1 saturated carbocycles. The molecule has 1 amide bonds. The number of hydrogen-bond acceptors (Lipinski definition) is 3. The molecule has 0 heterocycles. The topological polar surface area (TPSA) is 66.4 Å². The maximum atomic E-state index is 11.6. The average Bonchev–Trinajstić information content (AvgIpc) is 2.51. The summed E-state index contributed by atoms with van der Waals surface area (Å²) in [5, 5.41) is 12.1. The summed E-state index contributed by atoms with van der Waals surface area (Å²) in [7, 11) is 0. The molecule has 0 aliphatic heterocycles. The molecule has 2 N–H and O–H groups in total. The summed E-state index contributed by atoms with van der Waals surface area (Å²) >= 11 is 1.63. The van der Waals surface area contributed by atoms with Gasteiger partial charge in [-0.25, -0.2) is 0 Å². The van der Waals surface area contributed by atoms with E-state index in [0.29, 0.717) is 12.8 Å². The van der Waals surface area contributed by atoms with Crippen molar-refractivity contribution >= 4 is 23.6 Å². The number of thioether (sulfide) groups is 1. The zero-order chi connectivity index (χ0) is 12.7. The lowest BCUT2D eigenvalue weighted by Gasteiger charge is -2.22. The Balaban J connectivity index is 2.51. The quantitative estimate of drug-likeness (QED) is 0.740. The van der Waals surface area contributed by atoms with Crippen LogP contribution in [-0.2, 0) is 9.59 Å². The van der Waals surface area contributed by atoms with Crippen LogP contribution < -0.4 is 5.32 Å². The third-order valence-corrected chi connectivity index (χ3v) is 3.83. The van der Waals surface area contributed by atoms with Crippen molar-refractivity contribution in [3.8, 4) is 0 Å². The highest BCUT2D eigenvalue weighted by molar-refractivity contribution is 7.98. The molecule has 1 fully saturated rings. The molecule has 2 atom stereocenters. The molecule has 0 saturated heterocycles. The van der Waals surface area contributed by atoms with E-state index in [1.54, 1.807) is 11.8 Å². The molecule has 0 aromatic rings. The van der Waals surface area contributed by atoms with Crippen molar-refractivity contribution in [2.24, 2.45) is 5.92 Å². The Labute approximate surface area is 107 Å². The highest BCUT2D eigenvalue weighted by atomic mass is 32.2. The maximum Gasteiger partial charge on any atom is 0.308 e. The Morgan fingerprint density at radius 2 is 2.00 bits per heavy atom. The van der Waals surface area contributed by atoms with Gasteiger partial charge in [-0.1, -0.05) is 19.3 Å². The number of aliphatic carboxylic acids is 1. The second-order valence-corrected chi connectivity index (χ2v) is 5.49. The average molecular weight is 259 g/mol. The highest BCUT2D eigenvalue weighted by Crippen LogP contribution is 2.23. The summed E-state index contributed by atoms with van der Waals surface area (Å²) in [4.78, 5) is 22.8. The van der Waals surface area contributed by atoms with Gasteiger partial charge in [0.25, 0.3) is 0 Å². The fraction of sp³-hybridized carbons (Fsp3) is 0.833. The Bertz CT molecular complexity index is 270. The number of carboxylic acid groups (broad SMARTS) is 1. The van der Waals surface area contributed by atoms with Crippen LogP contribution in [0.15, 0.2) is 0 Å². The molecule has 5 heteroatoms. The molecule has 4 nitrogen and oxygen atoms in total. The van der Waals surface area contributed by atoms with Gasteiger partial charge < -0.3 is 10.4 Å². The molecule has 0 aromatic heterocycles. The number of hydrogen-bond donors (Lipinski definition) is 2. The van der Waals surface area contributed by atoms with Gasteiger partial charge in [-0.05, 0) is 19.1 Å². The first-order valence-electron chi connectivity index (χ1n) is 6.16. The Morgan fingerprint density at radius 3 is 2.65 bits per heavy atom. The highest BCUT2D eigenvalue weighted by Gasteiger charge is 2.30. The van der Waals surface area contributed by atoms with E-state index in [4.69, 9.17) is 5.11 Å². The lowest BCUT2D eigenvalue weighted by Crippen LogP contribution is -2.42. The SMILES string of the molecule is CSCCC(=O)N[C@H]1CCCCC[C@H]1C(=O)O. The zero-order valence-corrected chi connectivity index (χ0v) is 11.1. The van der Waals surface area contributed by atoms with Crippen molar-refractivity contribution in [3.63, 3.8) is 0 Å². The molecule has 0 spiro atoms. The second-order valence-electron chi connectivity index (χ2n) is 4.50. The predicted molar refractivity (Wildman–Crippen MR) is 69.1 cm³/mol. The molecule has 0 aromatic carbocycles. The van der Waals surface area contributed by atoms with Crippen LogP contribution >= 0.6 is 11.8 Å². The smallest absolute Gasteiger partial charge is 0.308 e. The van der Waals surface area contributed by atoms with Gasteiger partial charge in [-0.3, -0.25) is 9.59 Å². The minimum absolute atomic E-state index is 0.0162. The minimum atomic E-state index is -0.776. The van der Waals surface area contributed by atoms with Gasteiger partial charge in [-0.2, -0.15) is 11.8 Å². The first-order valence-corrected chi connectivity index (χ1v) is 7.55. The number of carbonyl (C=O) groups excluding carboxylic acids is 1. The van der Waals surface area contributed by atoms with E-state index in [1.165, 1.54) is 0 Å². The number of carbonyl (C=O) groups is 2. The van der Waals surface area contributed by atoms with Crippen molar-refractivity contribution in [1.82, 2.24) is 5.32 Å². The standard InChI is InChI=1S/C12H21NO3S/c1-17-8-7-11(14)13-10-6-4-2-3-5-9(10)12(15)16/h9-10H,2-8H2,1H3,(H,13,14)(H,15,16)/t9-,10+/m1/s1. The number of carboxylic acids is 1. The first-order chi connectivity index (χ1) is 8.15. The molecule has 1 aliphatic carbocycles. The molecule has 0 unspecified atom stereocenters. The summed E-state index contributed by atoms with van der Waals surface area (Å²) in [5.41, 5.74) is 0. The Hall–Kier alpha value is -0.710. The van der Waals surface area contributed by atoms with Crippen LogP contribution in [0, 0.1) is 5.92 Å². The van der Waals surface area contributed by atoms with Gasteiger partial charge >= 0.3 is 5.97 Å². The van der Waals surface area contributed by atoms with Gasteiger partial charge in [0.15, 0.2) is 0 Å². The Morgan fingerprint density at radius 1 is 1.29 bits per heavy atom. The largest absolute Gasteiger partial charge is 0.481 e. The summed E-state index contributed by atoms with van der Waals surface area (Å²) in [6, 6.07) is -0.177. The van der Waals surface area contributed by atoms with Gasteiger partial charge in [0, 0.05) is 18.2 Å². The normalized spacial score (nSPS) is 25.0. The second kappa shape index (κ2) is 7.58. The lowest BCUT2D eigenvalue weighted by molar-refractivity contribution is -0.143. The van der Waals surface area contributed by atoms with E-state index >= 15 is 0 Å². The van der Waals surface area contributed by atoms with Crippen molar-refractivity contribution in [1.29, 1.82) is 0 Å². The van der Waals surface area contributed by atoms with E-state index < -0.39 is 11.9 Å². The van der Waals surface area contributed by atoms with Crippen molar-refractivity contribution < 1.29 is 14.7 Å². The van der Waals surface area contributed by atoms with E-state index in [2.05, 4.69) is 5.32 Å². The first kappa shape index (κ1) is 14.4. The zero-order valence-electron chi connectivity index (χ0n) is 10.3. The molecule has 0 radical (unpaired) electrons. The van der Waals surface area contributed by atoms with Crippen LogP contribution in [0.25, 0.3) is 0 Å². The summed E-state index contributed by atoms with van der Waals surface area (Å²) in [5.74, 6) is -0.411. The van der Waals surface area contributed by atoms with Crippen LogP contribution in [0.1, 0.15) is 38.5 Å².